The van der Waals surface area contributed by atoms with E-state index in [1.165, 1.54) is 35.6 Å². The van der Waals surface area contributed by atoms with Crippen molar-refractivity contribution < 1.29 is 13.2 Å². The average Bonchev–Trinajstić information content (AvgIpc) is 3.13. The van der Waals surface area contributed by atoms with Crippen molar-refractivity contribution in [2.75, 3.05) is 5.32 Å². The summed E-state index contributed by atoms with van der Waals surface area (Å²) in [6, 6.07) is 16.5. The molecule has 0 saturated heterocycles. The van der Waals surface area contributed by atoms with Gasteiger partial charge in [0.2, 0.25) is 0 Å². The number of amides is 1. The molecule has 0 bridgehead atoms. The highest BCUT2D eigenvalue weighted by Crippen LogP contribution is 2.18. The molecule has 6 nitrogen and oxygen atoms in total. The SMILES string of the molecule is CC(=NNS(=O)(=O)c1ccc(Cl)cc1)c1cccc(NC(=O)c2ccc(C)s2)c1. The highest BCUT2D eigenvalue weighted by molar-refractivity contribution is 7.89. The van der Waals surface area contributed by atoms with Crippen molar-refractivity contribution in [2.24, 2.45) is 5.10 Å². The lowest BCUT2D eigenvalue weighted by molar-refractivity contribution is 0.103. The zero-order valence-corrected chi connectivity index (χ0v) is 18.0. The first-order chi connectivity index (χ1) is 13.7. The van der Waals surface area contributed by atoms with E-state index in [1.54, 1.807) is 37.3 Å². The molecule has 9 heteroatoms. The maximum absolute atomic E-state index is 12.3. The third-order valence-corrected chi connectivity index (χ3v) is 6.44. The molecule has 1 amide bonds. The highest BCUT2D eigenvalue weighted by atomic mass is 35.5. The molecular formula is C20H18ClN3O3S2. The fourth-order valence-corrected chi connectivity index (χ4v) is 4.18. The first-order valence-corrected chi connectivity index (χ1v) is 11.2. The topological polar surface area (TPSA) is 87.6 Å². The predicted molar refractivity (Wildman–Crippen MR) is 117 cm³/mol. The molecule has 0 fully saturated rings. The summed E-state index contributed by atoms with van der Waals surface area (Å²) in [6.07, 6.45) is 0. The van der Waals surface area contributed by atoms with E-state index in [9.17, 15) is 13.2 Å². The van der Waals surface area contributed by atoms with Gasteiger partial charge in [0, 0.05) is 15.6 Å². The second-order valence-electron chi connectivity index (χ2n) is 6.19. The first kappa shape index (κ1) is 21.0. The van der Waals surface area contributed by atoms with Crippen LogP contribution in [0.4, 0.5) is 5.69 Å². The lowest BCUT2D eigenvalue weighted by atomic mass is 10.1. The third kappa shape index (κ3) is 5.44. The molecule has 3 rings (SSSR count). The minimum absolute atomic E-state index is 0.0608. The zero-order chi connectivity index (χ0) is 21.0. The number of benzene rings is 2. The van der Waals surface area contributed by atoms with Crippen LogP contribution in [0.2, 0.25) is 5.02 Å². The minimum atomic E-state index is -3.81. The number of aryl methyl sites for hydroxylation is 1. The van der Waals surface area contributed by atoms with Crippen LogP contribution in [0.1, 0.15) is 27.0 Å². The Hall–Kier alpha value is -2.68. The van der Waals surface area contributed by atoms with Gasteiger partial charge in [-0.25, -0.2) is 0 Å². The summed E-state index contributed by atoms with van der Waals surface area (Å²) in [6.45, 7) is 3.61. The van der Waals surface area contributed by atoms with Crippen LogP contribution in [0, 0.1) is 6.92 Å². The van der Waals surface area contributed by atoms with E-state index >= 15 is 0 Å². The summed E-state index contributed by atoms with van der Waals surface area (Å²) in [5.41, 5.74) is 1.71. The Morgan fingerprint density at radius 3 is 2.45 bits per heavy atom. The van der Waals surface area contributed by atoms with Gasteiger partial charge >= 0.3 is 0 Å². The number of carbonyl (C=O) groups excluding carboxylic acids is 1. The van der Waals surface area contributed by atoms with Crippen LogP contribution < -0.4 is 10.1 Å². The largest absolute Gasteiger partial charge is 0.321 e. The summed E-state index contributed by atoms with van der Waals surface area (Å²) >= 11 is 7.20. The number of rotatable bonds is 6. The van der Waals surface area contributed by atoms with Crippen molar-refractivity contribution in [2.45, 2.75) is 18.7 Å². The second kappa shape index (κ2) is 8.77. The zero-order valence-electron chi connectivity index (χ0n) is 15.6. The Morgan fingerprint density at radius 2 is 1.79 bits per heavy atom. The number of hydrazone groups is 1. The van der Waals surface area contributed by atoms with Crippen LogP contribution in [-0.2, 0) is 10.0 Å². The van der Waals surface area contributed by atoms with E-state index in [-0.39, 0.29) is 10.8 Å². The van der Waals surface area contributed by atoms with Gasteiger partial charge in [-0.3, -0.25) is 4.79 Å². The number of thiophene rings is 1. The third-order valence-electron chi connectivity index (χ3n) is 3.96. The van der Waals surface area contributed by atoms with E-state index < -0.39 is 10.0 Å². The molecule has 0 saturated carbocycles. The van der Waals surface area contributed by atoms with Crippen LogP contribution in [0.3, 0.4) is 0 Å². The summed E-state index contributed by atoms with van der Waals surface area (Å²) < 4.78 is 24.7. The molecule has 150 valence electrons. The molecule has 2 aromatic carbocycles. The monoisotopic (exact) mass is 447 g/mol. The molecule has 3 aromatic rings. The number of nitrogens with zero attached hydrogens (tertiary/aromatic N) is 1. The summed E-state index contributed by atoms with van der Waals surface area (Å²) in [7, 11) is -3.81. The van der Waals surface area contributed by atoms with Crippen molar-refractivity contribution in [1.82, 2.24) is 4.83 Å². The Morgan fingerprint density at radius 1 is 1.07 bits per heavy atom. The van der Waals surface area contributed by atoms with Gasteiger partial charge in [0.05, 0.1) is 15.5 Å². The highest BCUT2D eigenvalue weighted by Gasteiger charge is 2.13. The van der Waals surface area contributed by atoms with Crippen LogP contribution in [0.15, 0.2) is 70.7 Å². The molecule has 0 aliphatic heterocycles. The van der Waals surface area contributed by atoms with Gasteiger partial charge in [0.25, 0.3) is 15.9 Å². The standard InChI is InChI=1S/C20H18ClN3O3S2/c1-13-6-11-19(28-13)20(25)22-17-5-3-4-15(12-17)14(2)23-24-29(26,27)18-9-7-16(21)8-10-18/h3-12,24H,1-2H3,(H,22,25). The number of carbonyl (C=O) groups is 1. The number of anilines is 1. The lowest BCUT2D eigenvalue weighted by Crippen LogP contribution is -2.20. The van der Waals surface area contributed by atoms with Crippen molar-refractivity contribution >= 4 is 50.3 Å². The number of nitrogens with one attached hydrogen (secondary N) is 2. The molecule has 0 spiro atoms. The molecule has 0 radical (unpaired) electrons. The smallest absolute Gasteiger partial charge is 0.276 e. The molecule has 1 heterocycles. The first-order valence-electron chi connectivity index (χ1n) is 8.54. The number of halogens is 1. The number of hydrogen-bond acceptors (Lipinski definition) is 5. The van der Waals surface area contributed by atoms with Crippen molar-refractivity contribution in [3.63, 3.8) is 0 Å². The van der Waals surface area contributed by atoms with Gasteiger partial charge in [-0.2, -0.15) is 18.4 Å². The van der Waals surface area contributed by atoms with Gasteiger partial charge in [-0.1, -0.05) is 23.7 Å². The van der Waals surface area contributed by atoms with E-state index in [0.717, 1.165) is 4.88 Å². The van der Waals surface area contributed by atoms with E-state index in [0.29, 0.717) is 26.9 Å². The van der Waals surface area contributed by atoms with Crippen molar-refractivity contribution in [1.29, 1.82) is 0 Å². The Bertz CT molecular complexity index is 1170. The van der Waals surface area contributed by atoms with Crippen LogP contribution >= 0.6 is 22.9 Å². The Labute approximate surface area is 178 Å². The predicted octanol–water partition coefficient (Wildman–Crippen LogP) is 4.66. The fraction of sp³-hybridized carbons (Fsp3) is 0.100. The van der Waals surface area contributed by atoms with Gasteiger partial charge in [0.15, 0.2) is 0 Å². The minimum Gasteiger partial charge on any atom is -0.321 e. The summed E-state index contributed by atoms with van der Waals surface area (Å²) in [5, 5.41) is 7.26. The molecule has 0 atom stereocenters. The van der Waals surface area contributed by atoms with Gasteiger partial charge in [-0.05, 0) is 67.9 Å². The molecule has 0 unspecified atom stereocenters. The molecular weight excluding hydrogens is 430 g/mol. The molecule has 0 aliphatic rings. The Kier molecular flexibility index (Phi) is 6.36. The lowest BCUT2D eigenvalue weighted by Gasteiger charge is -2.08. The molecule has 1 aromatic heterocycles. The quantitative estimate of drug-likeness (QED) is 0.425. The fourth-order valence-electron chi connectivity index (χ4n) is 2.43. The maximum Gasteiger partial charge on any atom is 0.276 e. The van der Waals surface area contributed by atoms with E-state index in [1.807, 2.05) is 13.0 Å². The van der Waals surface area contributed by atoms with Crippen LogP contribution in [0.5, 0.6) is 0 Å². The van der Waals surface area contributed by atoms with Crippen molar-refractivity contribution in [3.8, 4) is 0 Å². The molecule has 29 heavy (non-hydrogen) atoms. The van der Waals surface area contributed by atoms with Crippen LogP contribution in [0.25, 0.3) is 0 Å². The van der Waals surface area contributed by atoms with Gasteiger partial charge < -0.3 is 5.32 Å². The molecule has 2 N–H and O–H groups in total. The average molecular weight is 448 g/mol. The van der Waals surface area contributed by atoms with Gasteiger partial charge in [-0.15, -0.1) is 11.3 Å². The normalized spacial score (nSPS) is 11.9. The summed E-state index contributed by atoms with van der Waals surface area (Å²) in [4.78, 5) is 16.3. The Balaban J connectivity index is 1.73. The second-order valence-corrected chi connectivity index (χ2v) is 9.58. The number of hydrogen-bond donors (Lipinski definition) is 2. The van der Waals surface area contributed by atoms with Crippen LogP contribution in [-0.4, -0.2) is 20.0 Å². The van der Waals surface area contributed by atoms with Gasteiger partial charge in [0.1, 0.15) is 0 Å². The van der Waals surface area contributed by atoms with E-state index in [2.05, 4.69) is 15.2 Å². The van der Waals surface area contributed by atoms with Crippen molar-refractivity contribution in [3.05, 3.63) is 81.0 Å². The molecule has 0 aliphatic carbocycles. The maximum atomic E-state index is 12.3. The van der Waals surface area contributed by atoms with E-state index in [4.69, 9.17) is 11.6 Å². The number of sulfonamides is 1. The summed E-state index contributed by atoms with van der Waals surface area (Å²) in [5.74, 6) is -0.196.